The number of nitrogens with zero attached hydrogens (tertiary/aromatic N) is 2. The van der Waals surface area contributed by atoms with Crippen molar-refractivity contribution in [3.63, 3.8) is 0 Å². The Labute approximate surface area is 93.6 Å². The summed E-state index contributed by atoms with van der Waals surface area (Å²) in [4.78, 5) is 7.59. The van der Waals surface area contributed by atoms with Crippen molar-refractivity contribution in [3.8, 4) is 5.88 Å². The summed E-state index contributed by atoms with van der Waals surface area (Å²) >= 11 is 5.66. The Bertz CT molecular complexity index is 327. The van der Waals surface area contributed by atoms with Gasteiger partial charge in [-0.15, -0.1) is 0 Å². The second kappa shape index (κ2) is 4.75. The maximum atomic E-state index is 13.3. The quantitative estimate of drug-likeness (QED) is 0.749. The highest BCUT2D eigenvalue weighted by molar-refractivity contribution is 6.29. The van der Waals surface area contributed by atoms with Crippen molar-refractivity contribution in [2.75, 3.05) is 0 Å². The van der Waals surface area contributed by atoms with Crippen LogP contribution in [0.15, 0.2) is 12.4 Å². The molecule has 3 nitrogen and oxygen atoms in total. The molecule has 1 atom stereocenters. The highest BCUT2D eigenvalue weighted by Crippen LogP contribution is 2.20. The topological polar surface area (TPSA) is 35.0 Å². The molecule has 0 aliphatic rings. The monoisotopic (exact) mass is 232 g/mol. The van der Waals surface area contributed by atoms with Crippen LogP contribution < -0.4 is 4.74 Å². The van der Waals surface area contributed by atoms with Crippen LogP contribution in [0.4, 0.5) is 4.39 Å². The van der Waals surface area contributed by atoms with Crippen LogP contribution in [0, 0.1) is 0 Å². The van der Waals surface area contributed by atoms with Crippen LogP contribution in [-0.4, -0.2) is 21.7 Å². The van der Waals surface area contributed by atoms with E-state index in [4.69, 9.17) is 16.3 Å². The van der Waals surface area contributed by atoms with Gasteiger partial charge in [-0.3, -0.25) is 0 Å². The molecule has 1 aromatic rings. The molecule has 0 saturated carbocycles. The fourth-order valence-corrected chi connectivity index (χ4v) is 1.45. The minimum Gasteiger partial charge on any atom is -0.474 e. The third-order valence-electron chi connectivity index (χ3n) is 1.70. The van der Waals surface area contributed by atoms with Crippen molar-refractivity contribution in [1.82, 2.24) is 9.97 Å². The van der Waals surface area contributed by atoms with E-state index >= 15 is 0 Å². The Morgan fingerprint density at radius 1 is 1.53 bits per heavy atom. The second-order valence-electron chi connectivity index (χ2n) is 4.03. The number of hydrogen-bond donors (Lipinski definition) is 0. The van der Waals surface area contributed by atoms with Crippen LogP contribution in [0.3, 0.4) is 0 Å². The van der Waals surface area contributed by atoms with Crippen LogP contribution in [0.2, 0.25) is 5.15 Å². The lowest BCUT2D eigenvalue weighted by atomic mass is 10.0. The van der Waals surface area contributed by atoms with Crippen molar-refractivity contribution in [3.05, 3.63) is 17.5 Å². The van der Waals surface area contributed by atoms with E-state index in [9.17, 15) is 4.39 Å². The second-order valence-corrected chi connectivity index (χ2v) is 4.42. The van der Waals surface area contributed by atoms with Gasteiger partial charge in [0.25, 0.3) is 0 Å². The first-order valence-corrected chi connectivity index (χ1v) is 5.08. The standard InChI is InChI=1S/C10H14ClFN2O/c1-7(5-10(2,3)12)15-9-4-8(11)13-6-14-9/h4,6-7H,5H2,1-3H3. The smallest absolute Gasteiger partial charge is 0.218 e. The van der Waals surface area contributed by atoms with E-state index in [1.807, 2.05) is 0 Å². The van der Waals surface area contributed by atoms with Crippen molar-refractivity contribution in [1.29, 1.82) is 0 Å². The predicted molar refractivity (Wildman–Crippen MR) is 56.9 cm³/mol. The zero-order chi connectivity index (χ0) is 11.5. The Morgan fingerprint density at radius 2 is 2.20 bits per heavy atom. The molecule has 1 aromatic heterocycles. The van der Waals surface area contributed by atoms with Gasteiger partial charge in [-0.05, 0) is 20.8 Å². The van der Waals surface area contributed by atoms with Gasteiger partial charge in [-0.2, -0.15) is 0 Å². The number of alkyl halides is 1. The maximum absolute atomic E-state index is 13.3. The lowest BCUT2D eigenvalue weighted by molar-refractivity contribution is 0.109. The Kier molecular flexibility index (Phi) is 3.85. The minimum absolute atomic E-state index is 0.254. The van der Waals surface area contributed by atoms with E-state index in [0.29, 0.717) is 17.5 Å². The molecular formula is C10H14ClFN2O. The van der Waals surface area contributed by atoms with Crippen LogP contribution in [0.1, 0.15) is 27.2 Å². The number of ether oxygens (including phenoxy) is 1. The summed E-state index contributed by atoms with van der Waals surface area (Å²) in [5.41, 5.74) is -1.25. The van der Waals surface area contributed by atoms with Crippen molar-refractivity contribution >= 4 is 11.6 Å². The van der Waals surface area contributed by atoms with Gasteiger partial charge in [-0.1, -0.05) is 11.6 Å². The van der Waals surface area contributed by atoms with Crippen LogP contribution in [-0.2, 0) is 0 Å². The van der Waals surface area contributed by atoms with Gasteiger partial charge in [0.1, 0.15) is 23.3 Å². The Balaban J connectivity index is 2.55. The lowest BCUT2D eigenvalue weighted by Gasteiger charge is -2.20. The average Bonchev–Trinajstić information content (AvgIpc) is 1.99. The van der Waals surface area contributed by atoms with Crippen LogP contribution in [0.5, 0.6) is 5.88 Å². The fourth-order valence-electron chi connectivity index (χ4n) is 1.31. The molecule has 0 N–H and O–H groups in total. The number of halogens is 2. The molecule has 0 aliphatic carbocycles. The number of aromatic nitrogens is 2. The van der Waals surface area contributed by atoms with E-state index in [2.05, 4.69) is 9.97 Å². The van der Waals surface area contributed by atoms with E-state index in [0.717, 1.165) is 0 Å². The molecule has 0 spiro atoms. The average molecular weight is 233 g/mol. The third-order valence-corrected chi connectivity index (χ3v) is 1.91. The molecule has 0 saturated heterocycles. The van der Waals surface area contributed by atoms with Gasteiger partial charge in [0, 0.05) is 12.5 Å². The number of hydrogen-bond acceptors (Lipinski definition) is 3. The molecule has 15 heavy (non-hydrogen) atoms. The molecular weight excluding hydrogens is 219 g/mol. The fraction of sp³-hybridized carbons (Fsp3) is 0.600. The Hall–Kier alpha value is -0.900. The van der Waals surface area contributed by atoms with Crippen molar-refractivity contribution in [2.45, 2.75) is 39.0 Å². The lowest BCUT2D eigenvalue weighted by Crippen LogP contribution is -2.24. The van der Waals surface area contributed by atoms with E-state index in [1.165, 1.54) is 26.2 Å². The zero-order valence-corrected chi connectivity index (χ0v) is 9.75. The first kappa shape index (κ1) is 12.2. The van der Waals surface area contributed by atoms with E-state index in [-0.39, 0.29) is 6.10 Å². The highest BCUT2D eigenvalue weighted by Gasteiger charge is 2.20. The summed E-state index contributed by atoms with van der Waals surface area (Å²) < 4.78 is 18.7. The molecule has 1 heterocycles. The van der Waals surface area contributed by atoms with E-state index in [1.54, 1.807) is 6.92 Å². The molecule has 5 heteroatoms. The van der Waals surface area contributed by atoms with E-state index < -0.39 is 5.67 Å². The van der Waals surface area contributed by atoms with Gasteiger partial charge < -0.3 is 4.74 Å². The predicted octanol–water partition coefficient (Wildman–Crippen LogP) is 3.04. The molecule has 0 fully saturated rings. The van der Waals surface area contributed by atoms with Gasteiger partial charge in [0.2, 0.25) is 5.88 Å². The first-order chi connectivity index (χ1) is 6.87. The maximum Gasteiger partial charge on any atom is 0.218 e. The molecule has 0 amide bonds. The minimum atomic E-state index is -1.25. The summed E-state index contributed by atoms with van der Waals surface area (Å²) in [6.45, 7) is 4.82. The summed E-state index contributed by atoms with van der Waals surface area (Å²) in [5.74, 6) is 0.367. The molecule has 0 aromatic carbocycles. The molecule has 1 unspecified atom stereocenters. The van der Waals surface area contributed by atoms with Gasteiger partial charge in [-0.25, -0.2) is 14.4 Å². The molecule has 1 rings (SSSR count). The zero-order valence-electron chi connectivity index (χ0n) is 9.00. The molecule has 0 bridgehead atoms. The normalized spacial score (nSPS) is 13.7. The number of rotatable bonds is 4. The summed E-state index contributed by atoms with van der Waals surface area (Å²) in [6, 6.07) is 1.50. The largest absolute Gasteiger partial charge is 0.474 e. The van der Waals surface area contributed by atoms with Crippen LogP contribution >= 0.6 is 11.6 Å². The van der Waals surface area contributed by atoms with Gasteiger partial charge in [0.05, 0.1) is 0 Å². The molecule has 84 valence electrons. The SMILES string of the molecule is CC(CC(C)(C)F)Oc1cc(Cl)ncn1. The third kappa shape index (κ3) is 4.93. The Morgan fingerprint density at radius 3 is 2.73 bits per heavy atom. The first-order valence-electron chi connectivity index (χ1n) is 4.70. The highest BCUT2D eigenvalue weighted by atomic mass is 35.5. The van der Waals surface area contributed by atoms with Gasteiger partial charge in [0.15, 0.2) is 0 Å². The summed E-state index contributed by atoms with van der Waals surface area (Å²) in [7, 11) is 0. The van der Waals surface area contributed by atoms with Gasteiger partial charge >= 0.3 is 0 Å². The summed E-state index contributed by atoms with van der Waals surface area (Å²) in [5, 5.41) is 0.312. The van der Waals surface area contributed by atoms with Crippen LogP contribution in [0.25, 0.3) is 0 Å². The molecule has 0 radical (unpaired) electrons. The van der Waals surface area contributed by atoms with Crippen molar-refractivity contribution < 1.29 is 9.13 Å². The van der Waals surface area contributed by atoms with Crippen molar-refractivity contribution in [2.24, 2.45) is 0 Å². The summed E-state index contributed by atoms with van der Waals surface area (Å²) in [6.07, 6.45) is 1.36. The molecule has 0 aliphatic heterocycles.